The van der Waals surface area contributed by atoms with Gasteiger partial charge in [0.15, 0.2) is 12.1 Å². The van der Waals surface area contributed by atoms with Gasteiger partial charge < -0.3 is 29.2 Å². The highest BCUT2D eigenvalue weighted by Crippen LogP contribution is 2.43. The minimum Gasteiger partial charge on any atom is -0.393 e. The number of rotatable bonds is 3. The van der Waals surface area contributed by atoms with Crippen molar-refractivity contribution < 1.29 is 29.2 Å². The third-order valence-corrected chi connectivity index (χ3v) is 3.03. The average Bonchev–Trinajstić information content (AvgIpc) is 2.70. The minimum atomic E-state index is -1.15. The van der Waals surface area contributed by atoms with E-state index >= 15 is 0 Å². The summed E-state index contributed by atoms with van der Waals surface area (Å²) in [7, 11) is 1.49. The number of aliphatic hydroxyl groups is 2. The van der Waals surface area contributed by atoms with Gasteiger partial charge in [0.25, 0.3) is 0 Å². The van der Waals surface area contributed by atoms with Gasteiger partial charge in [0, 0.05) is 7.11 Å². The van der Waals surface area contributed by atoms with Crippen LogP contribution in [0.2, 0.25) is 0 Å². The zero-order chi connectivity index (χ0) is 12.0. The lowest BCUT2D eigenvalue weighted by Crippen LogP contribution is -2.49. The fourth-order valence-electron chi connectivity index (χ4n) is 2.25. The molecule has 2 aliphatic heterocycles. The summed E-state index contributed by atoms with van der Waals surface area (Å²) in [6.07, 6.45) is -1.59. The molecular weight excluding hydrogens is 216 g/mol. The van der Waals surface area contributed by atoms with Gasteiger partial charge >= 0.3 is 0 Å². The highest BCUT2D eigenvalue weighted by Gasteiger charge is 2.62. The van der Waals surface area contributed by atoms with Crippen molar-refractivity contribution in [3.63, 3.8) is 0 Å². The molecule has 6 heteroatoms. The van der Waals surface area contributed by atoms with Gasteiger partial charge in [-0.05, 0) is 13.8 Å². The first kappa shape index (κ1) is 12.2. The maximum absolute atomic E-state index is 9.37. The molecule has 3 atom stereocenters. The van der Waals surface area contributed by atoms with Crippen molar-refractivity contribution in [1.82, 2.24) is 0 Å². The van der Waals surface area contributed by atoms with E-state index in [1.165, 1.54) is 7.11 Å². The Morgan fingerprint density at radius 2 is 1.75 bits per heavy atom. The maximum atomic E-state index is 9.37. The number of aliphatic hydroxyl groups excluding tert-OH is 2. The van der Waals surface area contributed by atoms with Crippen molar-refractivity contribution >= 4 is 0 Å². The standard InChI is InChI=1S/C10H18O6/c1-9(2)14-6-7(15-9)10(4-11,5-12)16-8(6)13-3/h6-8,11-12H,4-5H2,1-3H3. The number of methoxy groups -OCH3 is 1. The number of hydrogen-bond acceptors (Lipinski definition) is 6. The van der Waals surface area contributed by atoms with Crippen molar-refractivity contribution in [2.75, 3.05) is 20.3 Å². The molecule has 2 fully saturated rings. The molecule has 2 rings (SSSR count). The summed E-state index contributed by atoms with van der Waals surface area (Å²) >= 11 is 0. The SMILES string of the molecule is COC1OC(CO)(CO)C2OC(C)(C)OC12. The van der Waals surface area contributed by atoms with Crippen molar-refractivity contribution in [3.05, 3.63) is 0 Å². The number of fused-ring (bicyclic) bond motifs is 1. The molecule has 0 saturated carbocycles. The van der Waals surface area contributed by atoms with Gasteiger partial charge in [0.1, 0.15) is 17.8 Å². The zero-order valence-electron chi connectivity index (χ0n) is 9.67. The Balaban J connectivity index is 2.26. The lowest BCUT2D eigenvalue weighted by molar-refractivity contribution is -0.262. The largest absolute Gasteiger partial charge is 0.393 e. The fraction of sp³-hybridized carbons (Fsp3) is 1.00. The lowest BCUT2D eigenvalue weighted by Gasteiger charge is -2.31. The zero-order valence-corrected chi connectivity index (χ0v) is 9.67. The van der Waals surface area contributed by atoms with E-state index in [-0.39, 0.29) is 13.2 Å². The predicted molar refractivity (Wildman–Crippen MR) is 52.6 cm³/mol. The second-order valence-corrected chi connectivity index (χ2v) is 4.62. The topological polar surface area (TPSA) is 77.4 Å². The Labute approximate surface area is 94.1 Å². The van der Waals surface area contributed by atoms with Crippen LogP contribution in [0.1, 0.15) is 13.8 Å². The van der Waals surface area contributed by atoms with Gasteiger partial charge in [0.2, 0.25) is 0 Å². The first-order valence-corrected chi connectivity index (χ1v) is 5.26. The summed E-state index contributed by atoms with van der Waals surface area (Å²) in [6.45, 7) is 2.86. The number of hydrogen-bond donors (Lipinski definition) is 2. The smallest absolute Gasteiger partial charge is 0.187 e. The molecule has 2 heterocycles. The quantitative estimate of drug-likeness (QED) is 0.668. The molecule has 16 heavy (non-hydrogen) atoms. The fourth-order valence-corrected chi connectivity index (χ4v) is 2.25. The molecular formula is C10H18O6. The highest BCUT2D eigenvalue weighted by molar-refractivity contribution is 5.04. The monoisotopic (exact) mass is 234 g/mol. The molecule has 0 bridgehead atoms. The molecule has 0 spiro atoms. The Morgan fingerprint density at radius 3 is 2.25 bits per heavy atom. The Hall–Kier alpha value is -0.240. The summed E-state index contributed by atoms with van der Waals surface area (Å²) in [6, 6.07) is 0. The van der Waals surface area contributed by atoms with Crippen LogP contribution in [0.15, 0.2) is 0 Å². The van der Waals surface area contributed by atoms with E-state index in [9.17, 15) is 10.2 Å². The van der Waals surface area contributed by atoms with Crippen molar-refractivity contribution in [3.8, 4) is 0 Å². The molecule has 0 aromatic carbocycles. The summed E-state index contributed by atoms with van der Waals surface area (Å²) in [4.78, 5) is 0. The van der Waals surface area contributed by atoms with Crippen molar-refractivity contribution in [2.45, 2.75) is 43.7 Å². The van der Waals surface area contributed by atoms with Crippen molar-refractivity contribution in [2.24, 2.45) is 0 Å². The van der Waals surface area contributed by atoms with Crippen LogP contribution in [-0.2, 0) is 18.9 Å². The first-order chi connectivity index (χ1) is 7.48. The minimum absolute atomic E-state index is 0.343. The lowest BCUT2D eigenvalue weighted by atomic mass is 9.97. The molecule has 0 aromatic rings. The summed E-state index contributed by atoms with van der Waals surface area (Å²) in [5.74, 6) is -0.758. The van der Waals surface area contributed by atoms with E-state index < -0.39 is 29.9 Å². The summed E-state index contributed by atoms with van der Waals surface area (Å²) in [5, 5.41) is 18.7. The Bertz CT molecular complexity index is 262. The molecule has 0 aliphatic carbocycles. The molecule has 0 aromatic heterocycles. The molecule has 2 aliphatic rings. The predicted octanol–water partition coefficient (Wildman–Crippen LogP) is -0.767. The molecule has 0 amide bonds. The molecule has 6 nitrogen and oxygen atoms in total. The van der Waals surface area contributed by atoms with Crippen molar-refractivity contribution in [1.29, 1.82) is 0 Å². The summed E-state index contributed by atoms with van der Waals surface area (Å²) < 4.78 is 21.9. The van der Waals surface area contributed by atoms with E-state index in [0.29, 0.717) is 0 Å². The van der Waals surface area contributed by atoms with Gasteiger partial charge in [0.05, 0.1) is 13.2 Å². The molecule has 2 N–H and O–H groups in total. The first-order valence-electron chi connectivity index (χ1n) is 5.26. The molecule has 94 valence electrons. The molecule has 0 radical (unpaired) electrons. The van der Waals surface area contributed by atoms with Crippen LogP contribution in [0, 0.1) is 0 Å². The number of ether oxygens (including phenoxy) is 4. The third-order valence-electron chi connectivity index (χ3n) is 3.03. The van der Waals surface area contributed by atoms with Gasteiger partial charge in [-0.1, -0.05) is 0 Å². The second kappa shape index (κ2) is 3.90. The van der Waals surface area contributed by atoms with E-state index in [2.05, 4.69) is 0 Å². The normalized spacial score (nSPS) is 39.9. The van der Waals surface area contributed by atoms with Gasteiger partial charge in [-0.2, -0.15) is 0 Å². The average molecular weight is 234 g/mol. The van der Waals surface area contributed by atoms with E-state index in [1.54, 1.807) is 13.8 Å². The van der Waals surface area contributed by atoms with E-state index in [4.69, 9.17) is 18.9 Å². The van der Waals surface area contributed by atoms with Gasteiger partial charge in [-0.15, -0.1) is 0 Å². The highest BCUT2D eigenvalue weighted by atomic mass is 16.8. The second-order valence-electron chi connectivity index (χ2n) is 4.62. The van der Waals surface area contributed by atoms with Crippen LogP contribution in [0.3, 0.4) is 0 Å². The van der Waals surface area contributed by atoms with E-state index in [1.807, 2.05) is 0 Å². The Kier molecular flexibility index (Phi) is 2.98. The molecule has 2 saturated heterocycles. The van der Waals surface area contributed by atoms with Crippen LogP contribution in [0.4, 0.5) is 0 Å². The summed E-state index contributed by atoms with van der Waals surface area (Å²) in [5.41, 5.74) is -1.15. The maximum Gasteiger partial charge on any atom is 0.187 e. The third kappa shape index (κ3) is 1.66. The van der Waals surface area contributed by atoms with Crippen LogP contribution >= 0.6 is 0 Å². The van der Waals surface area contributed by atoms with Gasteiger partial charge in [-0.3, -0.25) is 0 Å². The van der Waals surface area contributed by atoms with Crippen LogP contribution in [-0.4, -0.2) is 60.4 Å². The van der Waals surface area contributed by atoms with Crippen LogP contribution < -0.4 is 0 Å². The Morgan fingerprint density at radius 1 is 1.12 bits per heavy atom. The van der Waals surface area contributed by atoms with E-state index in [0.717, 1.165) is 0 Å². The van der Waals surface area contributed by atoms with Gasteiger partial charge in [-0.25, -0.2) is 0 Å². The van der Waals surface area contributed by atoms with Crippen LogP contribution in [0.25, 0.3) is 0 Å². The van der Waals surface area contributed by atoms with Crippen LogP contribution in [0.5, 0.6) is 0 Å². The molecule has 3 unspecified atom stereocenters.